The van der Waals surface area contributed by atoms with Crippen molar-refractivity contribution < 1.29 is 33.4 Å². The number of hydrogen-bond donors (Lipinski definition) is 2. The molecule has 0 spiro atoms. The van der Waals surface area contributed by atoms with Gasteiger partial charge in [-0.25, -0.2) is 9.18 Å². The van der Waals surface area contributed by atoms with Gasteiger partial charge in [0.2, 0.25) is 11.8 Å². The van der Waals surface area contributed by atoms with E-state index in [-0.39, 0.29) is 30.9 Å². The van der Waals surface area contributed by atoms with E-state index in [1.54, 1.807) is 12.1 Å². The summed E-state index contributed by atoms with van der Waals surface area (Å²) in [6.45, 7) is 0.490. The summed E-state index contributed by atoms with van der Waals surface area (Å²) < 4.78 is 26.5. The van der Waals surface area contributed by atoms with Crippen molar-refractivity contribution >= 4 is 29.2 Å². The van der Waals surface area contributed by atoms with Gasteiger partial charge in [-0.3, -0.25) is 14.5 Å². The van der Waals surface area contributed by atoms with E-state index in [9.17, 15) is 14.4 Å². The van der Waals surface area contributed by atoms with E-state index in [0.717, 1.165) is 24.8 Å². The SMILES string of the molecule is O=C(NC[C@@H]1OC(=O)N2c3cc(F)c(C4=CCN(C(=O)CO)CC4)cc3OC[C@@H]12)C1CCC1. The maximum atomic E-state index is 15.1. The number of rotatable bonds is 5. The lowest BCUT2D eigenvalue weighted by Gasteiger charge is -2.32. The second-order valence-corrected chi connectivity index (χ2v) is 8.82. The number of cyclic esters (lactones) is 1. The molecule has 4 aliphatic rings. The van der Waals surface area contributed by atoms with E-state index in [0.29, 0.717) is 36.5 Å². The van der Waals surface area contributed by atoms with Crippen LogP contribution in [0.2, 0.25) is 0 Å². The highest BCUT2D eigenvalue weighted by Gasteiger charge is 2.47. The number of carbonyl (C=O) groups is 3. The van der Waals surface area contributed by atoms with Gasteiger partial charge in [0.05, 0.1) is 12.2 Å². The molecule has 2 fully saturated rings. The summed E-state index contributed by atoms with van der Waals surface area (Å²) in [6, 6.07) is 2.40. The van der Waals surface area contributed by atoms with Crippen molar-refractivity contribution in [2.24, 2.45) is 5.92 Å². The summed E-state index contributed by atoms with van der Waals surface area (Å²) >= 11 is 0. The number of carbonyl (C=O) groups excluding carboxylic acids is 3. The van der Waals surface area contributed by atoms with Crippen LogP contribution < -0.4 is 15.0 Å². The number of nitrogens with zero attached hydrogens (tertiary/aromatic N) is 2. The smallest absolute Gasteiger partial charge is 0.415 e. The molecule has 1 saturated carbocycles. The third-order valence-electron chi connectivity index (χ3n) is 6.92. The van der Waals surface area contributed by atoms with Crippen LogP contribution in [-0.2, 0) is 14.3 Å². The average molecular weight is 459 g/mol. The van der Waals surface area contributed by atoms with Gasteiger partial charge in [0.1, 0.15) is 36.9 Å². The number of halogens is 1. The van der Waals surface area contributed by atoms with Crippen molar-refractivity contribution in [1.29, 1.82) is 0 Å². The molecule has 1 aliphatic carbocycles. The Morgan fingerprint density at radius 3 is 2.76 bits per heavy atom. The van der Waals surface area contributed by atoms with Gasteiger partial charge in [0.15, 0.2) is 0 Å². The highest BCUT2D eigenvalue weighted by Crippen LogP contribution is 2.42. The molecule has 2 N–H and O–H groups in total. The average Bonchev–Trinajstić information content (AvgIpc) is 3.11. The third-order valence-corrected chi connectivity index (χ3v) is 6.92. The maximum Gasteiger partial charge on any atom is 0.415 e. The zero-order valence-corrected chi connectivity index (χ0v) is 18.1. The van der Waals surface area contributed by atoms with E-state index >= 15 is 4.39 Å². The van der Waals surface area contributed by atoms with Crippen LogP contribution in [0, 0.1) is 11.7 Å². The molecule has 2 atom stereocenters. The summed E-state index contributed by atoms with van der Waals surface area (Å²) in [5, 5.41) is 11.9. The van der Waals surface area contributed by atoms with Gasteiger partial charge in [-0.05, 0) is 30.9 Å². The van der Waals surface area contributed by atoms with E-state index in [1.807, 2.05) is 0 Å². The largest absolute Gasteiger partial charge is 0.489 e. The number of amides is 3. The molecule has 9 nitrogen and oxygen atoms in total. The minimum Gasteiger partial charge on any atom is -0.489 e. The van der Waals surface area contributed by atoms with Crippen LogP contribution in [0.25, 0.3) is 5.57 Å². The Bertz CT molecular complexity index is 1020. The Hall–Kier alpha value is -3.14. The van der Waals surface area contributed by atoms with Gasteiger partial charge in [-0.15, -0.1) is 0 Å². The lowest BCUT2D eigenvalue weighted by molar-refractivity contribution is -0.133. The van der Waals surface area contributed by atoms with Crippen LogP contribution >= 0.6 is 0 Å². The normalized spacial score (nSPS) is 24.2. The highest BCUT2D eigenvalue weighted by atomic mass is 19.1. The fraction of sp³-hybridized carbons (Fsp3) is 0.522. The second-order valence-electron chi connectivity index (χ2n) is 8.82. The number of aliphatic hydroxyl groups is 1. The Morgan fingerprint density at radius 2 is 2.09 bits per heavy atom. The summed E-state index contributed by atoms with van der Waals surface area (Å²) in [5.41, 5.74) is 1.41. The molecule has 5 rings (SSSR count). The topological polar surface area (TPSA) is 108 Å². The van der Waals surface area contributed by atoms with Crippen molar-refractivity contribution in [2.75, 3.05) is 37.7 Å². The van der Waals surface area contributed by atoms with Gasteiger partial charge in [0.25, 0.3) is 0 Å². The van der Waals surface area contributed by atoms with Crippen LogP contribution in [0.5, 0.6) is 5.75 Å². The molecule has 1 saturated heterocycles. The van der Waals surface area contributed by atoms with E-state index in [4.69, 9.17) is 14.6 Å². The van der Waals surface area contributed by atoms with Crippen molar-refractivity contribution in [3.05, 3.63) is 29.6 Å². The van der Waals surface area contributed by atoms with Gasteiger partial charge in [-0.1, -0.05) is 12.5 Å². The Labute approximate surface area is 190 Å². The third kappa shape index (κ3) is 3.92. The molecule has 176 valence electrons. The van der Waals surface area contributed by atoms with Crippen LogP contribution in [0.4, 0.5) is 14.9 Å². The van der Waals surface area contributed by atoms with Crippen molar-refractivity contribution in [3.63, 3.8) is 0 Å². The lowest BCUT2D eigenvalue weighted by Crippen LogP contribution is -2.48. The summed E-state index contributed by atoms with van der Waals surface area (Å²) in [6.07, 6.45) is 3.87. The summed E-state index contributed by atoms with van der Waals surface area (Å²) in [4.78, 5) is 39.3. The number of aliphatic hydroxyl groups excluding tert-OH is 1. The van der Waals surface area contributed by atoms with E-state index in [2.05, 4.69) is 5.32 Å². The van der Waals surface area contributed by atoms with E-state index < -0.39 is 30.7 Å². The quantitative estimate of drug-likeness (QED) is 0.690. The molecule has 3 aliphatic heterocycles. The van der Waals surface area contributed by atoms with Crippen LogP contribution in [-0.4, -0.2) is 72.9 Å². The molecule has 0 bridgehead atoms. The van der Waals surface area contributed by atoms with E-state index in [1.165, 1.54) is 15.9 Å². The predicted octanol–water partition coefficient (Wildman–Crippen LogP) is 1.44. The van der Waals surface area contributed by atoms with Crippen LogP contribution in [0.15, 0.2) is 18.2 Å². The van der Waals surface area contributed by atoms with Crippen LogP contribution in [0.1, 0.15) is 31.2 Å². The Balaban J connectivity index is 1.31. The number of nitrogens with one attached hydrogen (secondary N) is 1. The number of fused-ring (bicyclic) bond motifs is 3. The monoisotopic (exact) mass is 459 g/mol. The van der Waals surface area contributed by atoms with Crippen molar-refractivity contribution in [3.8, 4) is 5.75 Å². The minimum atomic E-state index is -0.588. The van der Waals surface area contributed by atoms with Gasteiger partial charge in [-0.2, -0.15) is 0 Å². The number of benzene rings is 1. The highest BCUT2D eigenvalue weighted by molar-refractivity contribution is 5.94. The molecular weight excluding hydrogens is 433 g/mol. The molecular formula is C23H26FN3O6. The molecule has 3 heterocycles. The Morgan fingerprint density at radius 1 is 1.27 bits per heavy atom. The second kappa shape index (κ2) is 8.66. The summed E-state index contributed by atoms with van der Waals surface area (Å²) in [5.74, 6) is -0.466. The molecule has 0 aromatic heterocycles. The first kappa shape index (κ1) is 21.7. The van der Waals surface area contributed by atoms with Gasteiger partial charge >= 0.3 is 6.09 Å². The molecule has 3 amide bonds. The number of anilines is 1. The maximum absolute atomic E-state index is 15.1. The fourth-order valence-corrected chi connectivity index (χ4v) is 4.73. The fourth-order valence-electron chi connectivity index (χ4n) is 4.73. The molecule has 33 heavy (non-hydrogen) atoms. The predicted molar refractivity (Wildman–Crippen MR) is 115 cm³/mol. The van der Waals surface area contributed by atoms with Gasteiger partial charge in [0, 0.05) is 30.6 Å². The first-order valence-corrected chi connectivity index (χ1v) is 11.3. The molecule has 0 unspecified atom stereocenters. The standard InChI is InChI=1S/C23H26FN3O6/c24-16-9-17-19(8-15(16)13-4-6-26(7-5-13)21(29)11-28)32-12-18-20(33-23(31)27(17)18)10-25-22(30)14-2-1-3-14/h4,8-9,14,18,20,28H,1-3,5-7,10-12H2,(H,25,30)/t18-,20-/m0/s1. The first-order valence-electron chi connectivity index (χ1n) is 11.3. The Kier molecular flexibility index (Phi) is 5.69. The first-order chi connectivity index (χ1) is 16.0. The molecule has 1 aromatic rings. The molecule has 1 aromatic carbocycles. The van der Waals surface area contributed by atoms with Crippen LogP contribution in [0.3, 0.4) is 0 Å². The lowest BCUT2D eigenvalue weighted by atomic mass is 9.85. The molecule has 10 heteroatoms. The summed E-state index contributed by atoms with van der Waals surface area (Å²) in [7, 11) is 0. The van der Waals surface area contributed by atoms with Gasteiger partial charge < -0.3 is 24.8 Å². The minimum absolute atomic E-state index is 0.0245. The van der Waals surface area contributed by atoms with Crippen molar-refractivity contribution in [1.82, 2.24) is 10.2 Å². The zero-order chi connectivity index (χ0) is 23.1. The number of ether oxygens (including phenoxy) is 2. The zero-order valence-electron chi connectivity index (χ0n) is 18.1. The van der Waals surface area contributed by atoms with Crippen molar-refractivity contribution in [2.45, 2.75) is 37.8 Å². The molecule has 0 radical (unpaired) electrons. The number of hydrogen-bond acceptors (Lipinski definition) is 6.